The van der Waals surface area contributed by atoms with Crippen molar-refractivity contribution in [3.63, 3.8) is 0 Å². The molecule has 0 aliphatic rings. The number of nitrogens with one attached hydrogen (secondary N) is 1. The van der Waals surface area contributed by atoms with E-state index in [1.165, 1.54) is 4.88 Å². The van der Waals surface area contributed by atoms with Crippen molar-refractivity contribution in [1.29, 1.82) is 0 Å². The third kappa shape index (κ3) is 4.73. The average Bonchev–Trinajstić information content (AvgIpc) is 2.88. The molecule has 5 heteroatoms. The lowest BCUT2D eigenvalue weighted by atomic mass is 10.1. The Kier molecular flexibility index (Phi) is 6.08. The number of hydrogen-bond donors (Lipinski definition) is 1. The minimum Gasteiger partial charge on any atom is -0.493 e. The van der Waals surface area contributed by atoms with Crippen LogP contribution in [0.15, 0.2) is 34.1 Å². The van der Waals surface area contributed by atoms with Crippen LogP contribution in [0.1, 0.15) is 24.3 Å². The fourth-order valence-electron chi connectivity index (χ4n) is 1.91. The van der Waals surface area contributed by atoms with Gasteiger partial charge in [-0.05, 0) is 28.1 Å². The van der Waals surface area contributed by atoms with Crippen LogP contribution >= 0.6 is 27.3 Å². The maximum atomic E-state index is 6.02. The standard InChI is InChI=1S/C16H20BrNO2S/c1-11(2)18-8-12-5-4-6-15(19-3)16(12)20-9-14-7-13(17)10-21-14/h4-7,10-11,18H,8-9H2,1-3H3. The van der Waals surface area contributed by atoms with Gasteiger partial charge >= 0.3 is 0 Å². The van der Waals surface area contributed by atoms with E-state index in [0.717, 1.165) is 28.1 Å². The minimum atomic E-state index is 0.428. The highest BCUT2D eigenvalue weighted by molar-refractivity contribution is 9.10. The number of rotatable bonds is 7. The summed E-state index contributed by atoms with van der Waals surface area (Å²) in [6, 6.07) is 8.49. The molecule has 2 rings (SSSR count). The molecule has 1 N–H and O–H groups in total. The first-order valence-electron chi connectivity index (χ1n) is 6.85. The van der Waals surface area contributed by atoms with E-state index in [-0.39, 0.29) is 0 Å². The van der Waals surface area contributed by atoms with E-state index < -0.39 is 0 Å². The smallest absolute Gasteiger partial charge is 0.166 e. The molecule has 1 aromatic heterocycles. The SMILES string of the molecule is COc1cccc(CNC(C)C)c1OCc1cc(Br)cs1. The van der Waals surface area contributed by atoms with Crippen LogP contribution in [0.4, 0.5) is 0 Å². The summed E-state index contributed by atoms with van der Waals surface area (Å²) in [5.41, 5.74) is 1.11. The van der Waals surface area contributed by atoms with E-state index in [4.69, 9.17) is 9.47 Å². The first-order chi connectivity index (χ1) is 10.1. The van der Waals surface area contributed by atoms with E-state index in [1.54, 1.807) is 18.4 Å². The second kappa shape index (κ2) is 7.82. The van der Waals surface area contributed by atoms with E-state index >= 15 is 0 Å². The molecule has 0 bridgehead atoms. The highest BCUT2D eigenvalue weighted by Crippen LogP contribution is 2.32. The summed E-state index contributed by atoms with van der Waals surface area (Å²) < 4.78 is 12.5. The van der Waals surface area contributed by atoms with E-state index in [9.17, 15) is 0 Å². The van der Waals surface area contributed by atoms with Gasteiger partial charge in [-0.3, -0.25) is 0 Å². The number of ether oxygens (including phenoxy) is 2. The molecule has 0 fully saturated rings. The fourth-order valence-corrected chi connectivity index (χ4v) is 3.27. The third-order valence-electron chi connectivity index (χ3n) is 2.96. The van der Waals surface area contributed by atoms with E-state index in [2.05, 4.69) is 52.6 Å². The van der Waals surface area contributed by atoms with Crippen molar-refractivity contribution in [3.05, 3.63) is 44.6 Å². The van der Waals surface area contributed by atoms with Crippen LogP contribution in [0.5, 0.6) is 11.5 Å². The van der Waals surface area contributed by atoms with Crippen LogP contribution in [0.3, 0.4) is 0 Å². The molecule has 2 aromatic rings. The molecule has 0 saturated carbocycles. The molecule has 0 amide bonds. The van der Waals surface area contributed by atoms with Gasteiger partial charge in [0.2, 0.25) is 0 Å². The van der Waals surface area contributed by atoms with Gasteiger partial charge < -0.3 is 14.8 Å². The number of para-hydroxylation sites is 1. The van der Waals surface area contributed by atoms with E-state index in [0.29, 0.717) is 12.6 Å². The number of halogens is 1. The molecule has 0 saturated heterocycles. The Morgan fingerprint density at radius 2 is 2.14 bits per heavy atom. The predicted molar refractivity (Wildman–Crippen MR) is 91.3 cm³/mol. The number of benzene rings is 1. The van der Waals surface area contributed by atoms with Gasteiger partial charge in [0.05, 0.1) is 7.11 Å². The summed E-state index contributed by atoms with van der Waals surface area (Å²) in [5, 5.41) is 5.47. The van der Waals surface area contributed by atoms with Crippen molar-refractivity contribution in [2.75, 3.05) is 7.11 Å². The topological polar surface area (TPSA) is 30.5 Å². The first-order valence-corrected chi connectivity index (χ1v) is 8.52. The molecule has 0 unspecified atom stereocenters. The highest BCUT2D eigenvalue weighted by atomic mass is 79.9. The molecular weight excluding hydrogens is 350 g/mol. The molecule has 3 nitrogen and oxygen atoms in total. The summed E-state index contributed by atoms with van der Waals surface area (Å²) in [6.45, 7) is 5.57. The molecule has 0 radical (unpaired) electrons. The quantitative estimate of drug-likeness (QED) is 0.773. The van der Waals surface area contributed by atoms with Gasteiger partial charge in [0, 0.05) is 32.9 Å². The molecule has 0 aliphatic carbocycles. The number of methoxy groups -OCH3 is 1. The van der Waals surface area contributed by atoms with Crippen LogP contribution in [0.25, 0.3) is 0 Å². The summed E-state index contributed by atoms with van der Waals surface area (Å²) in [5.74, 6) is 1.59. The molecule has 1 aromatic carbocycles. The second-order valence-electron chi connectivity index (χ2n) is 5.00. The Hall–Kier alpha value is -1.04. The van der Waals surface area contributed by atoms with E-state index in [1.807, 2.05) is 12.1 Å². The third-order valence-corrected chi connectivity index (χ3v) is 4.63. The summed E-state index contributed by atoms with van der Waals surface area (Å²) in [7, 11) is 1.67. The van der Waals surface area contributed by atoms with Crippen molar-refractivity contribution in [2.45, 2.75) is 33.0 Å². The van der Waals surface area contributed by atoms with Gasteiger partial charge in [-0.1, -0.05) is 26.0 Å². The first kappa shape index (κ1) is 16.3. The molecule has 0 spiro atoms. The lowest BCUT2D eigenvalue weighted by Crippen LogP contribution is -2.22. The van der Waals surface area contributed by atoms with Crippen LogP contribution in [-0.2, 0) is 13.2 Å². The van der Waals surface area contributed by atoms with Crippen LogP contribution in [-0.4, -0.2) is 13.2 Å². The Balaban J connectivity index is 2.14. The Morgan fingerprint density at radius 1 is 1.33 bits per heavy atom. The summed E-state index contributed by atoms with van der Waals surface area (Å²) in [6.07, 6.45) is 0. The Labute approximate surface area is 138 Å². The van der Waals surface area contributed by atoms with Gasteiger partial charge in [0.1, 0.15) is 6.61 Å². The second-order valence-corrected chi connectivity index (χ2v) is 6.92. The fraction of sp³-hybridized carbons (Fsp3) is 0.375. The number of hydrogen-bond acceptors (Lipinski definition) is 4. The Bertz CT molecular complexity index is 583. The molecule has 21 heavy (non-hydrogen) atoms. The predicted octanol–water partition coefficient (Wildman–Crippen LogP) is 4.60. The van der Waals surface area contributed by atoms with Crippen molar-refractivity contribution in [2.24, 2.45) is 0 Å². The molecular formula is C16H20BrNO2S. The monoisotopic (exact) mass is 369 g/mol. The molecule has 0 atom stereocenters. The molecule has 0 aliphatic heterocycles. The minimum absolute atomic E-state index is 0.428. The average molecular weight is 370 g/mol. The van der Waals surface area contributed by atoms with Crippen LogP contribution < -0.4 is 14.8 Å². The summed E-state index contributed by atoms with van der Waals surface area (Å²) in [4.78, 5) is 1.18. The van der Waals surface area contributed by atoms with Crippen molar-refractivity contribution in [1.82, 2.24) is 5.32 Å². The van der Waals surface area contributed by atoms with Crippen LogP contribution in [0.2, 0.25) is 0 Å². The zero-order valence-electron chi connectivity index (χ0n) is 12.5. The number of thiophene rings is 1. The zero-order valence-corrected chi connectivity index (χ0v) is 14.9. The highest BCUT2D eigenvalue weighted by Gasteiger charge is 2.11. The normalized spacial score (nSPS) is 10.9. The maximum Gasteiger partial charge on any atom is 0.166 e. The van der Waals surface area contributed by atoms with Crippen molar-refractivity contribution in [3.8, 4) is 11.5 Å². The van der Waals surface area contributed by atoms with Gasteiger partial charge in [-0.2, -0.15) is 0 Å². The van der Waals surface area contributed by atoms with Gasteiger partial charge in [0.25, 0.3) is 0 Å². The van der Waals surface area contributed by atoms with Crippen molar-refractivity contribution >= 4 is 27.3 Å². The zero-order chi connectivity index (χ0) is 15.2. The Morgan fingerprint density at radius 3 is 2.76 bits per heavy atom. The van der Waals surface area contributed by atoms with Crippen molar-refractivity contribution < 1.29 is 9.47 Å². The lowest BCUT2D eigenvalue weighted by molar-refractivity contribution is 0.283. The van der Waals surface area contributed by atoms with Gasteiger partial charge in [0.15, 0.2) is 11.5 Å². The molecule has 1 heterocycles. The summed E-state index contributed by atoms with van der Waals surface area (Å²) >= 11 is 5.14. The maximum absolute atomic E-state index is 6.02. The molecule has 114 valence electrons. The van der Waals surface area contributed by atoms with Gasteiger partial charge in [-0.25, -0.2) is 0 Å². The van der Waals surface area contributed by atoms with Crippen LogP contribution in [0, 0.1) is 0 Å². The largest absolute Gasteiger partial charge is 0.493 e. The lowest BCUT2D eigenvalue weighted by Gasteiger charge is -2.16. The van der Waals surface area contributed by atoms with Gasteiger partial charge in [-0.15, -0.1) is 11.3 Å².